The summed E-state index contributed by atoms with van der Waals surface area (Å²) in [5.41, 5.74) is 3.96. The molecule has 0 radical (unpaired) electrons. The van der Waals surface area contributed by atoms with Gasteiger partial charge in [0.15, 0.2) is 0 Å². The Morgan fingerprint density at radius 1 is 1.27 bits per heavy atom. The summed E-state index contributed by atoms with van der Waals surface area (Å²) in [6.45, 7) is 1.82. The van der Waals surface area contributed by atoms with Crippen LogP contribution in [0, 0.1) is 17.0 Å². The summed E-state index contributed by atoms with van der Waals surface area (Å²) in [5.74, 6) is 0.196. The van der Waals surface area contributed by atoms with Crippen LogP contribution in [-0.2, 0) is 0 Å². The molecule has 1 heterocycles. The summed E-state index contributed by atoms with van der Waals surface area (Å²) in [5, 5.41) is 16.4. The van der Waals surface area contributed by atoms with Crippen LogP contribution >= 0.6 is 11.6 Å². The second-order valence-electron chi connectivity index (χ2n) is 4.72. The molecule has 2 N–H and O–H groups in total. The highest BCUT2D eigenvalue weighted by atomic mass is 35.5. The molecule has 0 aliphatic rings. The Labute approximate surface area is 132 Å². The zero-order valence-corrected chi connectivity index (χ0v) is 13.0. The third-order valence-electron chi connectivity index (χ3n) is 2.86. The van der Waals surface area contributed by atoms with E-state index in [-0.39, 0.29) is 17.3 Å². The van der Waals surface area contributed by atoms with E-state index in [1.54, 1.807) is 37.3 Å². The summed E-state index contributed by atoms with van der Waals surface area (Å²) < 4.78 is 0. The van der Waals surface area contributed by atoms with Crippen molar-refractivity contribution in [3.05, 3.63) is 45.2 Å². The highest BCUT2D eigenvalue weighted by Crippen LogP contribution is 2.33. The third kappa shape index (κ3) is 3.41. The van der Waals surface area contributed by atoms with Crippen molar-refractivity contribution < 1.29 is 4.92 Å². The summed E-state index contributed by atoms with van der Waals surface area (Å²) >= 11 is 6.06. The Hall–Kier alpha value is -2.45. The van der Waals surface area contributed by atoms with Gasteiger partial charge in [0.1, 0.15) is 6.33 Å². The summed E-state index contributed by atoms with van der Waals surface area (Å²) in [6.07, 6.45) is 1.25. The molecule has 0 amide bonds. The van der Waals surface area contributed by atoms with Crippen molar-refractivity contribution in [1.82, 2.24) is 15.0 Å². The molecule has 1 aromatic carbocycles. The predicted octanol–water partition coefficient (Wildman–Crippen LogP) is 2.98. The molecule has 22 heavy (non-hydrogen) atoms. The number of anilines is 3. The van der Waals surface area contributed by atoms with Crippen molar-refractivity contribution in [3.8, 4) is 0 Å². The Bertz CT molecular complexity index is 707. The maximum Gasteiger partial charge on any atom is 0.354 e. The average molecular weight is 323 g/mol. The summed E-state index contributed by atoms with van der Waals surface area (Å²) in [4.78, 5) is 18.7. The number of hydrogen-bond acceptors (Lipinski definition) is 7. The maximum absolute atomic E-state index is 11.4. The van der Waals surface area contributed by atoms with Crippen LogP contribution in [0.1, 0.15) is 5.56 Å². The van der Waals surface area contributed by atoms with E-state index in [2.05, 4.69) is 20.7 Å². The van der Waals surface area contributed by atoms with Crippen molar-refractivity contribution in [2.24, 2.45) is 0 Å². The molecule has 0 atom stereocenters. The highest BCUT2D eigenvalue weighted by molar-refractivity contribution is 6.31. The highest BCUT2D eigenvalue weighted by Gasteiger charge is 2.24. The van der Waals surface area contributed by atoms with Crippen molar-refractivity contribution in [2.75, 3.05) is 24.8 Å². The van der Waals surface area contributed by atoms with Crippen LogP contribution in [0.5, 0.6) is 0 Å². The first-order valence-electron chi connectivity index (χ1n) is 6.35. The summed E-state index contributed by atoms with van der Waals surface area (Å²) in [6, 6.07) is 5.27. The van der Waals surface area contributed by atoms with E-state index >= 15 is 0 Å². The van der Waals surface area contributed by atoms with Crippen LogP contribution in [0.3, 0.4) is 0 Å². The van der Waals surface area contributed by atoms with Gasteiger partial charge in [0.05, 0.1) is 4.92 Å². The normalized spacial score (nSPS) is 10.6. The Balaban J connectivity index is 2.46. The van der Waals surface area contributed by atoms with Gasteiger partial charge in [-0.1, -0.05) is 17.7 Å². The fourth-order valence-corrected chi connectivity index (χ4v) is 1.98. The van der Waals surface area contributed by atoms with E-state index in [1.807, 2.05) is 6.92 Å². The number of aromatic nitrogens is 2. The largest absolute Gasteiger partial charge is 0.354 e. The molecule has 2 rings (SSSR count). The van der Waals surface area contributed by atoms with E-state index in [0.717, 1.165) is 5.56 Å². The molecular weight excluding hydrogens is 308 g/mol. The van der Waals surface area contributed by atoms with Crippen LogP contribution in [0.2, 0.25) is 5.02 Å². The first kappa shape index (κ1) is 15.9. The lowest BCUT2D eigenvalue weighted by atomic mass is 10.2. The zero-order valence-electron chi connectivity index (χ0n) is 12.3. The third-order valence-corrected chi connectivity index (χ3v) is 3.26. The number of halogens is 1. The smallest absolute Gasteiger partial charge is 0.334 e. The molecule has 1 aromatic heterocycles. The minimum Gasteiger partial charge on any atom is -0.334 e. The van der Waals surface area contributed by atoms with Crippen molar-refractivity contribution in [3.63, 3.8) is 0 Å². The molecule has 0 aliphatic heterocycles. The predicted molar refractivity (Wildman–Crippen MR) is 85.5 cm³/mol. The molecule has 0 spiro atoms. The lowest BCUT2D eigenvalue weighted by molar-refractivity contribution is -0.383. The fraction of sp³-hybridized carbons (Fsp3) is 0.231. The first-order chi connectivity index (χ1) is 10.4. The molecule has 0 saturated carbocycles. The van der Waals surface area contributed by atoms with Gasteiger partial charge in [-0.05, 0) is 24.6 Å². The first-order valence-corrected chi connectivity index (χ1v) is 6.73. The number of hydrazine groups is 1. The van der Waals surface area contributed by atoms with Crippen LogP contribution in [0.4, 0.5) is 23.0 Å². The Morgan fingerprint density at radius 3 is 2.59 bits per heavy atom. The number of nitro groups is 1. The number of hydrogen-bond donors (Lipinski definition) is 2. The van der Waals surface area contributed by atoms with E-state index < -0.39 is 4.92 Å². The lowest BCUT2D eigenvalue weighted by Gasteiger charge is -2.14. The van der Waals surface area contributed by atoms with Crippen molar-refractivity contribution in [1.29, 1.82) is 0 Å². The molecule has 0 fully saturated rings. The number of nitrogens with zero attached hydrogens (tertiary/aromatic N) is 4. The topological polar surface area (TPSA) is 96.2 Å². The SMILES string of the molecule is Cc1c(Cl)cccc1Nc1ncnc(NN(C)C)c1[N+](=O)[O-]. The molecule has 2 aromatic rings. The fourth-order valence-electron chi connectivity index (χ4n) is 1.81. The maximum atomic E-state index is 11.4. The molecular formula is C13H15ClN6O2. The quantitative estimate of drug-likeness (QED) is 0.645. The Kier molecular flexibility index (Phi) is 4.74. The molecule has 8 nitrogen and oxygen atoms in total. The van der Waals surface area contributed by atoms with Gasteiger partial charge < -0.3 is 5.32 Å². The van der Waals surface area contributed by atoms with Crippen LogP contribution in [0.25, 0.3) is 0 Å². The van der Waals surface area contributed by atoms with Gasteiger partial charge in [0, 0.05) is 24.8 Å². The summed E-state index contributed by atoms with van der Waals surface area (Å²) in [7, 11) is 3.42. The van der Waals surface area contributed by atoms with Crippen molar-refractivity contribution in [2.45, 2.75) is 6.92 Å². The van der Waals surface area contributed by atoms with E-state index in [1.165, 1.54) is 6.33 Å². The van der Waals surface area contributed by atoms with Crippen LogP contribution < -0.4 is 10.7 Å². The van der Waals surface area contributed by atoms with Gasteiger partial charge in [-0.25, -0.2) is 15.0 Å². The average Bonchev–Trinajstić information content (AvgIpc) is 2.43. The Morgan fingerprint density at radius 2 is 1.95 bits per heavy atom. The number of rotatable bonds is 5. The number of benzene rings is 1. The molecule has 9 heteroatoms. The van der Waals surface area contributed by atoms with Gasteiger partial charge in [-0.2, -0.15) is 0 Å². The molecule has 0 saturated heterocycles. The van der Waals surface area contributed by atoms with E-state index in [0.29, 0.717) is 10.7 Å². The second kappa shape index (κ2) is 6.54. The van der Waals surface area contributed by atoms with Crippen molar-refractivity contribution >= 4 is 34.6 Å². The van der Waals surface area contributed by atoms with Gasteiger partial charge in [0.2, 0.25) is 11.6 Å². The molecule has 0 unspecified atom stereocenters. The van der Waals surface area contributed by atoms with Gasteiger partial charge >= 0.3 is 5.69 Å². The van der Waals surface area contributed by atoms with Gasteiger partial charge in [-0.15, -0.1) is 0 Å². The van der Waals surface area contributed by atoms with Crippen LogP contribution in [-0.4, -0.2) is 34.0 Å². The number of nitrogens with one attached hydrogen (secondary N) is 2. The standard InChI is InChI=1S/C13H15ClN6O2/c1-8-9(14)5-4-6-10(8)17-12-11(20(21)22)13(16-7-15-12)18-19(2)3/h4-7H,1-3H3,(H2,15,16,17,18). The molecule has 0 aliphatic carbocycles. The minimum atomic E-state index is -0.534. The van der Waals surface area contributed by atoms with Gasteiger partial charge in [0.25, 0.3) is 0 Å². The second-order valence-corrected chi connectivity index (χ2v) is 5.13. The minimum absolute atomic E-state index is 0.0923. The van der Waals surface area contributed by atoms with E-state index in [9.17, 15) is 10.1 Å². The monoisotopic (exact) mass is 322 g/mol. The van der Waals surface area contributed by atoms with Crippen LogP contribution in [0.15, 0.2) is 24.5 Å². The molecule has 116 valence electrons. The lowest BCUT2D eigenvalue weighted by Crippen LogP contribution is -2.21. The molecule has 0 bridgehead atoms. The van der Waals surface area contributed by atoms with Gasteiger partial charge in [-0.3, -0.25) is 15.5 Å². The van der Waals surface area contributed by atoms with E-state index in [4.69, 9.17) is 11.6 Å². The zero-order chi connectivity index (χ0) is 16.3.